The first-order valence-corrected chi connectivity index (χ1v) is 8.02. The number of rotatable bonds is 4. The lowest BCUT2D eigenvalue weighted by Crippen LogP contribution is -2.10. The summed E-state index contributed by atoms with van der Waals surface area (Å²) >= 11 is 0. The normalized spacial score (nSPS) is 12.0. The minimum Gasteiger partial charge on any atom is -0.454 e. The Kier molecular flexibility index (Phi) is 4.57. The third-order valence-electron chi connectivity index (χ3n) is 3.98. The molecule has 5 nitrogen and oxygen atoms in total. The van der Waals surface area contributed by atoms with E-state index in [1.54, 1.807) is 18.2 Å². The van der Waals surface area contributed by atoms with Crippen molar-refractivity contribution in [3.8, 4) is 5.75 Å². The third-order valence-corrected chi connectivity index (χ3v) is 3.98. The number of hydrogen-bond acceptors (Lipinski definition) is 4. The number of benzene rings is 2. The van der Waals surface area contributed by atoms with E-state index in [-0.39, 0.29) is 6.10 Å². The molecule has 1 N–H and O–H groups in total. The van der Waals surface area contributed by atoms with E-state index in [1.807, 2.05) is 44.2 Å². The molecule has 128 valence electrons. The average Bonchev–Trinajstić information content (AvgIpc) is 2.90. The van der Waals surface area contributed by atoms with Crippen LogP contribution in [-0.2, 0) is 9.53 Å². The number of aryl methyl sites for hydroxylation is 1. The molecule has 0 aliphatic rings. The van der Waals surface area contributed by atoms with Gasteiger partial charge in [-0.15, -0.1) is 0 Å². The lowest BCUT2D eigenvalue weighted by Gasteiger charge is -2.13. The van der Waals surface area contributed by atoms with Crippen LogP contribution in [0.5, 0.6) is 5.75 Å². The summed E-state index contributed by atoms with van der Waals surface area (Å²) in [6, 6.07) is 14.7. The molecule has 3 aromatic rings. The summed E-state index contributed by atoms with van der Waals surface area (Å²) in [5.41, 5.74) is 2.87. The molecule has 0 amide bonds. The largest absolute Gasteiger partial charge is 0.454 e. The number of ether oxygens (including phenoxy) is 2. The molecule has 0 radical (unpaired) electrons. The van der Waals surface area contributed by atoms with Crippen LogP contribution in [0, 0.1) is 6.92 Å². The van der Waals surface area contributed by atoms with Crippen molar-refractivity contribution in [1.29, 1.82) is 0 Å². The van der Waals surface area contributed by atoms with Crippen molar-refractivity contribution in [3.63, 3.8) is 0 Å². The maximum atomic E-state index is 12.7. The Bertz CT molecular complexity index is 928. The molecule has 0 aliphatic heterocycles. The topological polar surface area (TPSA) is 68.4 Å². The van der Waals surface area contributed by atoms with Gasteiger partial charge in [-0.1, -0.05) is 30.3 Å². The lowest BCUT2D eigenvalue weighted by molar-refractivity contribution is -0.131. The molecule has 1 unspecified atom stereocenters. The Morgan fingerprint density at radius 3 is 2.48 bits per heavy atom. The van der Waals surface area contributed by atoms with Gasteiger partial charge in [0.15, 0.2) is 0 Å². The van der Waals surface area contributed by atoms with Crippen LogP contribution < -0.4 is 4.74 Å². The van der Waals surface area contributed by atoms with Crippen molar-refractivity contribution >= 4 is 22.8 Å². The number of aromatic nitrogens is 1. The molecule has 0 saturated heterocycles. The summed E-state index contributed by atoms with van der Waals surface area (Å²) in [6.07, 6.45) is -0.366. The van der Waals surface area contributed by atoms with Gasteiger partial charge in [-0.3, -0.25) is 4.79 Å². The zero-order chi connectivity index (χ0) is 18.0. The van der Waals surface area contributed by atoms with Crippen molar-refractivity contribution in [1.82, 2.24) is 4.98 Å². The predicted molar refractivity (Wildman–Crippen MR) is 94.6 cm³/mol. The quantitative estimate of drug-likeness (QED) is 0.569. The van der Waals surface area contributed by atoms with Crippen molar-refractivity contribution in [2.75, 3.05) is 0 Å². The van der Waals surface area contributed by atoms with Gasteiger partial charge in [0.2, 0.25) is 0 Å². The molecule has 3 rings (SSSR count). The number of nitrogens with one attached hydrogen (secondary N) is 1. The maximum absolute atomic E-state index is 12.7. The number of esters is 2. The van der Waals surface area contributed by atoms with Crippen LogP contribution in [0.1, 0.15) is 41.6 Å². The SMILES string of the molecule is CC(=O)Oc1ccc2[nH]c(C)c(C(=O)OC(C)c3ccccc3)c2c1. The molecule has 0 fully saturated rings. The smallest absolute Gasteiger partial charge is 0.341 e. The number of carbonyl (C=O) groups excluding carboxylic acids is 2. The van der Waals surface area contributed by atoms with E-state index in [2.05, 4.69) is 4.98 Å². The summed E-state index contributed by atoms with van der Waals surface area (Å²) in [6.45, 7) is 4.99. The van der Waals surface area contributed by atoms with Gasteiger partial charge in [-0.25, -0.2) is 4.79 Å². The van der Waals surface area contributed by atoms with E-state index in [9.17, 15) is 9.59 Å². The van der Waals surface area contributed by atoms with Gasteiger partial charge in [0.25, 0.3) is 0 Å². The molecule has 1 atom stereocenters. The molecule has 1 heterocycles. The highest BCUT2D eigenvalue weighted by molar-refractivity contribution is 6.06. The molecule has 0 aliphatic carbocycles. The Balaban J connectivity index is 1.92. The van der Waals surface area contributed by atoms with Gasteiger partial charge >= 0.3 is 11.9 Å². The summed E-state index contributed by atoms with van der Waals surface area (Å²) in [5.74, 6) is -0.433. The second-order valence-corrected chi connectivity index (χ2v) is 5.88. The van der Waals surface area contributed by atoms with Gasteiger partial charge in [0, 0.05) is 23.5 Å². The van der Waals surface area contributed by atoms with Gasteiger partial charge in [-0.05, 0) is 37.6 Å². The molecule has 25 heavy (non-hydrogen) atoms. The molecular weight excluding hydrogens is 318 g/mol. The zero-order valence-corrected chi connectivity index (χ0v) is 14.3. The number of hydrogen-bond donors (Lipinski definition) is 1. The highest BCUT2D eigenvalue weighted by atomic mass is 16.5. The number of carbonyl (C=O) groups is 2. The number of H-pyrrole nitrogens is 1. The van der Waals surface area contributed by atoms with Gasteiger partial charge in [-0.2, -0.15) is 0 Å². The van der Waals surface area contributed by atoms with Gasteiger partial charge < -0.3 is 14.5 Å². The van der Waals surface area contributed by atoms with E-state index in [4.69, 9.17) is 9.47 Å². The van der Waals surface area contributed by atoms with Crippen LogP contribution >= 0.6 is 0 Å². The first-order valence-electron chi connectivity index (χ1n) is 8.02. The standard InChI is InChI=1S/C20H19NO4/c1-12-19(20(23)24-13(2)15-7-5-4-6-8-15)17-11-16(25-14(3)22)9-10-18(17)21-12/h4-11,13,21H,1-3H3. The zero-order valence-electron chi connectivity index (χ0n) is 14.3. The summed E-state index contributed by atoms with van der Waals surface area (Å²) in [7, 11) is 0. The van der Waals surface area contributed by atoms with E-state index < -0.39 is 11.9 Å². The van der Waals surface area contributed by atoms with E-state index in [1.165, 1.54) is 6.92 Å². The van der Waals surface area contributed by atoms with Crippen LogP contribution in [0.4, 0.5) is 0 Å². The highest BCUT2D eigenvalue weighted by Crippen LogP contribution is 2.29. The van der Waals surface area contributed by atoms with Crippen LogP contribution in [-0.4, -0.2) is 16.9 Å². The van der Waals surface area contributed by atoms with Crippen LogP contribution in [0.2, 0.25) is 0 Å². The van der Waals surface area contributed by atoms with E-state index in [0.717, 1.165) is 11.1 Å². The average molecular weight is 337 g/mol. The Morgan fingerprint density at radius 1 is 1.08 bits per heavy atom. The second-order valence-electron chi connectivity index (χ2n) is 5.88. The van der Waals surface area contributed by atoms with Crippen molar-refractivity contribution < 1.29 is 19.1 Å². The molecule has 0 spiro atoms. The van der Waals surface area contributed by atoms with Crippen molar-refractivity contribution in [2.45, 2.75) is 26.9 Å². The molecule has 0 bridgehead atoms. The maximum Gasteiger partial charge on any atom is 0.341 e. The lowest BCUT2D eigenvalue weighted by atomic mass is 10.1. The van der Waals surface area contributed by atoms with Crippen molar-refractivity contribution in [3.05, 3.63) is 65.4 Å². The Morgan fingerprint density at radius 2 is 1.80 bits per heavy atom. The molecule has 0 saturated carbocycles. The minimum absolute atomic E-state index is 0.366. The predicted octanol–water partition coefficient (Wildman–Crippen LogP) is 4.32. The molecule has 5 heteroatoms. The van der Waals surface area contributed by atoms with Crippen LogP contribution in [0.25, 0.3) is 10.9 Å². The fourth-order valence-corrected chi connectivity index (χ4v) is 2.81. The summed E-state index contributed by atoms with van der Waals surface area (Å²) in [5, 5.41) is 0.668. The Hall–Kier alpha value is -3.08. The fourth-order valence-electron chi connectivity index (χ4n) is 2.81. The van der Waals surface area contributed by atoms with Crippen LogP contribution in [0.3, 0.4) is 0 Å². The summed E-state index contributed by atoms with van der Waals surface area (Å²) < 4.78 is 10.7. The molecular formula is C20H19NO4. The van der Waals surface area contributed by atoms with E-state index in [0.29, 0.717) is 22.4 Å². The fraction of sp³-hybridized carbons (Fsp3) is 0.200. The first-order chi connectivity index (χ1) is 12.0. The van der Waals surface area contributed by atoms with Gasteiger partial charge in [0.05, 0.1) is 5.56 Å². The second kappa shape index (κ2) is 6.81. The number of fused-ring (bicyclic) bond motifs is 1. The van der Waals surface area contributed by atoms with Crippen molar-refractivity contribution in [2.24, 2.45) is 0 Å². The summed E-state index contributed by atoms with van der Waals surface area (Å²) in [4.78, 5) is 27.0. The third kappa shape index (κ3) is 3.55. The minimum atomic E-state index is -0.417. The van der Waals surface area contributed by atoms with E-state index >= 15 is 0 Å². The van der Waals surface area contributed by atoms with Crippen LogP contribution in [0.15, 0.2) is 48.5 Å². The first kappa shape index (κ1) is 16.8. The molecule has 2 aromatic carbocycles. The highest BCUT2D eigenvalue weighted by Gasteiger charge is 2.21. The number of aromatic amines is 1. The monoisotopic (exact) mass is 337 g/mol. The molecule has 1 aromatic heterocycles. The van der Waals surface area contributed by atoms with Gasteiger partial charge in [0.1, 0.15) is 11.9 Å². The Labute approximate surface area is 145 Å².